The van der Waals surface area contributed by atoms with Gasteiger partial charge in [-0.1, -0.05) is 6.58 Å². The molecule has 38 heavy (non-hydrogen) atoms. The smallest absolute Gasteiger partial charge is 0.247 e. The van der Waals surface area contributed by atoms with Crippen molar-refractivity contribution in [3.63, 3.8) is 0 Å². The molecule has 4 heterocycles. The van der Waals surface area contributed by atoms with Gasteiger partial charge in [-0.05, 0) is 32.3 Å². The maximum absolute atomic E-state index is 12.3. The Balaban J connectivity index is 1.57. The SMILES string of the molecule is C=CC(=O)Nc1cc(Nc2nc(-c3cnn(C)c3)c3ccn(CO)c3n2)c(OC)cc1N1CC(N(C)C)C1. The first-order chi connectivity index (χ1) is 18.3. The molecule has 1 fully saturated rings. The molecule has 0 bridgehead atoms. The number of benzene rings is 1. The molecule has 12 heteroatoms. The van der Waals surface area contributed by atoms with Gasteiger partial charge in [-0.25, -0.2) is 4.98 Å². The van der Waals surface area contributed by atoms with Gasteiger partial charge in [0.1, 0.15) is 18.1 Å². The Labute approximate surface area is 220 Å². The number of anilines is 4. The van der Waals surface area contributed by atoms with E-state index in [9.17, 15) is 9.90 Å². The number of likely N-dealkylation sites (N-methyl/N-ethyl adjacent to an activating group) is 1. The maximum Gasteiger partial charge on any atom is 0.247 e. The molecule has 5 rings (SSSR count). The van der Waals surface area contributed by atoms with Crippen LogP contribution in [0.3, 0.4) is 0 Å². The van der Waals surface area contributed by atoms with Crippen LogP contribution >= 0.6 is 0 Å². The zero-order valence-corrected chi connectivity index (χ0v) is 21.8. The fraction of sp³-hybridized carbons (Fsp3) is 0.308. The zero-order valence-electron chi connectivity index (χ0n) is 21.8. The standard InChI is InChI=1S/C26H31N9O3/c1-6-23(37)28-19-9-20(22(38-5)10-21(19)35-13-17(14-35)32(2)3)29-26-30-24(16-11-27-33(4)12-16)18-7-8-34(15-36)25(18)31-26/h6-12,17,36H,1,13-15H2,2-5H3,(H,28,37)(H,29,30,31). The summed E-state index contributed by atoms with van der Waals surface area (Å²) < 4.78 is 9.06. The Bertz CT molecular complexity index is 1500. The van der Waals surface area contributed by atoms with Crippen LogP contribution in [0.4, 0.5) is 23.0 Å². The van der Waals surface area contributed by atoms with E-state index in [4.69, 9.17) is 9.72 Å². The highest BCUT2D eigenvalue weighted by molar-refractivity contribution is 6.02. The fourth-order valence-electron chi connectivity index (χ4n) is 4.48. The summed E-state index contributed by atoms with van der Waals surface area (Å²) in [4.78, 5) is 26.1. The van der Waals surface area contributed by atoms with Crippen LogP contribution in [-0.2, 0) is 18.6 Å². The third-order valence-corrected chi connectivity index (χ3v) is 6.69. The normalized spacial score (nSPS) is 13.6. The quantitative estimate of drug-likeness (QED) is 0.287. The molecule has 198 valence electrons. The van der Waals surface area contributed by atoms with Crippen LogP contribution in [0, 0.1) is 0 Å². The minimum Gasteiger partial charge on any atom is -0.494 e. The number of ether oxygens (including phenoxy) is 1. The number of methoxy groups -OCH3 is 1. The first-order valence-corrected chi connectivity index (χ1v) is 12.1. The average Bonchev–Trinajstić information content (AvgIpc) is 3.49. The highest BCUT2D eigenvalue weighted by Gasteiger charge is 2.31. The predicted molar refractivity (Wildman–Crippen MR) is 147 cm³/mol. The van der Waals surface area contributed by atoms with Gasteiger partial charge in [-0.15, -0.1) is 0 Å². The third-order valence-electron chi connectivity index (χ3n) is 6.69. The number of aliphatic hydroxyl groups is 1. The molecular weight excluding hydrogens is 486 g/mol. The van der Waals surface area contributed by atoms with Gasteiger partial charge >= 0.3 is 0 Å². The third kappa shape index (κ3) is 4.66. The molecule has 1 aliphatic rings. The van der Waals surface area contributed by atoms with Gasteiger partial charge < -0.3 is 34.8 Å². The molecule has 1 aliphatic heterocycles. The summed E-state index contributed by atoms with van der Waals surface area (Å²) in [6.07, 6.45) is 6.60. The Morgan fingerprint density at radius 3 is 2.71 bits per heavy atom. The molecule has 3 aromatic heterocycles. The molecule has 4 aromatic rings. The van der Waals surface area contributed by atoms with Crippen molar-refractivity contribution in [3.05, 3.63) is 49.4 Å². The molecule has 0 spiro atoms. The number of aryl methyl sites for hydroxylation is 1. The van der Waals surface area contributed by atoms with Gasteiger partial charge in [-0.2, -0.15) is 10.1 Å². The summed E-state index contributed by atoms with van der Waals surface area (Å²) in [5, 5.41) is 21.1. The topological polar surface area (TPSA) is 126 Å². The van der Waals surface area contributed by atoms with Crippen LogP contribution < -0.4 is 20.3 Å². The molecule has 1 amide bonds. The van der Waals surface area contributed by atoms with Crippen molar-refractivity contribution >= 4 is 40.0 Å². The van der Waals surface area contributed by atoms with E-state index < -0.39 is 0 Å². The van der Waals surface area contributed by atoms with Crippen LogP contribution in [0.1, 0.15) is 0 Å². The van der Waals surface area contributed by atoms with E-state index in [-0.39, 0.29) is 12.6 Å². The zero-order chi connectivity index (χ0) is 27.0. The average molecular weight is 518 g/mol. The number of hydrogen-bond donors (Lipinski definition) is 3. The fourth-order valence-corrected chi connectivity index (χ4v) is 4.48. The molecule has 0 radical (unpaired) electrons. The van der Waals surface area contributed by atoms with Gasteiger partial charge in [0.15, 0.2) is 0 Å². The van der Waals surface area contributed by atoms with E-state index in [0.29, 0.717) is 40.5 Å². The second kappa shape index (κ2) is 10.1. The Morgan fingerprint density at radius 1 is 1.29 bits per heavy atom. The predicted octanol–water partition coefficient (Wildman–Crippen LogP) is 2.41. The monoisotopic (exact) mass is 517 g/mol. The highest BCUT2D eigenvalue weighted by atomic mass is 16.5. The Kier molecular flexibility index (Phi) is 6.74. The lowest BCUT2D eigenvalue weighted by molar-refractivity contribution is -0.111. The minimum atomic E-state index is -0.315. The van der Waals surface area contributed by atoms with E-state index in [0.717, 1.165) is 29.7 Å². The molecule has 12 nitrogen and oxygen atoms in total. The van der Waals surface area contributed by atoms with Crippen LogP contribution in [0.15, 0.2) is 49.4 Å². The number of aromatic nitrogens is 5. The molecule has 0 aliphatic carbocycles. The van der Waals surface area contributed by atoms with E-state index >= 15 is 0 Å². The number of nitrogens with zero attached hydrogens (tertiary/aromatic N) is 7. The van der Waals surface area contributed by atoms with Crippen molar-refractivity contribution in [1.82, 2.24) is 29.2 Å². The van der Waals surface area contributed by atoms with Crippen LogP contribution in [-0.4, -0.2) is 80.6 Å². The lowest BCUT2D eigenvalue weighted by Crippen LogP contribution is -2.57. The van der Waals surface area contributed by atoms with Gasteiger partial charge in [-0.3, -0.25) is 9.48 Å². The summed E-state index contributed by atoms with van der Waals surface area (Å²) in [5.41, 5.74) is 4.08. The second-order valence-electron chi connectivity index (χ2n) is 9.37. The van der Waals surface area contributed by atoms with Crippen molar-refractivity contribution < 1.29 is 14.6 Å². The van der Waals surface area contributed by atoms with Crippen molar-refractivity contribution in [2.75, 3.05) is 49.8 Å². The van der Waals surface area contributed by atoms with Crippen molar-refractivity contribution in [2.45, 2.75) is 12.8 Å². The maximum atomic E-state index is 12.3. The summed E-state index contributed by atoms with van der Waals surface area (Å²) in [7, 11) is 7.54. The molecular formula is C26H31N9O3. The summed E-state index contributed by atoms with van der Waals surface area (Å²) in [6.45, 7) is 5.00. The van der Waals surface area contributed by atoms with Crippen molar-refractivity contribution in [2.24, 2.45) is 7.05 Å². The number of nitrogens with one attached hydrogen (secondary N) is 2. The number of rotatable bonds is 9. The van der Waals surface area contributed by atoms with E-state index in [1.165, 1.54) is 6.08 Å². The van der Waals surface area contributed by atoms with E-state index in [2.05, 4.69) is 51.2 Å². The number of hydrogen-bond acceptors (Lipinski definition) is 9. The van der Waals surface area contributed by atoms with Crippen molar-refractivity contribution in [1.29, 1.82) is 0 Å². The van der Waals surface area contributed by atoms with Crippen LogP contribution in [0.25, 0.3) is 22.3 Å². The van der Waals surface area contributed by atoms with Crippen LogP contribution in [0.5, 0.6) is 5.75 Å². The second-order valence-corrected chi connectivity index (χ2v) is 9.37. The lowest BCUT2D eigenvalue weighted by Gasteiger charge is -2.45. The van der Waals surface area contributed by atoms with E-state index in [1.54, 1.807) is 34.8 Å². The number of carbonyl (C=O) groups excluding carboxylic acids is 1. The summed E-state index contributed by atoms with van der Waals surface area (Å²) in [6, 6.07) is 5.99. The summed E-state index contributed by atoms with van der Waals surface area (Å²) in [5.74, 6) is 0.548. The Hall–Kier alpha value is -4.42. The number of fused-ring (bicyclic) bond motifs is 1. The minimum absolute atomic E-state index is 0.230. The molecule has 3 N–H and O–H groups in total. The molecule has 0 saturated carbocycles. The lowest BCUT2D eigenvalue weighted by atomic mass is 10.0. The molecule has 0 unspecified atom stereocenters. The van der Waals surface area contributed by atoms with Gasteiger partial charge in [0.2, 0.25) is 11.9 Å². The van der Waals surface area contributed by atoms with Crippen molar-refractivity contribution in [3.8, 4) is 17.0 Å². The van der Waals surface area contributed by atoms with E-state index in [1.807, 2.05) is 25.4 Å². The van der Waals surface area contributed by atoms with Crippen LogP contribution in [0.2, 0.25) is 0 Å². The molecule has 1 saturated heterocycles. The number of amides is 1. The summed E-state index contributed by atoms with van der Waals surface area (Å²) >= 11 is 0. The first kappa shape index (κ1) is 25.2. The molecule has 0 atom stereocenters. The number of aliphatic hydroxyl groups excluding tert-OH is 1. The molecule has 1 aromatic carbocycles. The van der Waals surface area contributed by atoms with Gasteiger partial charge in [0.25, 0.3) is 0 Å². The number of carbonyl (C=O) groups is 1. The highest BCUT2D eigenvalue weighted by Crippen LogP contribution is 2.40. The first-order valence-electron chi connectivity index (χ1n) is 12.1. The Morgan fingerprint density at radius 2 is 2.08 bits per heavy atom. The van der Waals surface area contributed by atoms with Gasteiger partial charge in [0, 0.05) is 55.6 Å². The van der Waals surface area contributed by atoms with Gasteiger partial charge in [0.05, 0.1) is 36.1 Å². The largest absolute Gasteiger partial charge is 0.494 e.